The van der Waals surface area contributed by atoms with Gasteiger partial charge in [-0.05, 0) is 86.2 Å². The highest BCUT2D eigenvalue weighted by atomic mass is 16.5. The first kappa shape index (κ1) is 21.8. The SMILES string of the molecule is C[C@@]12CC[C@H]3[C@@H](CC[C@H]4CCCC[C@]43C)[C@H]1CC[C@@H]2[NH2+]C[C@H](O)COc1ccccc1. The minimum Gasteiger partial charge on any atom is -0.491 e. The molecule has 3 nitrogen and oxygen atoms in total. The molecule has 0 radical (unpaired) electrons. The predicted molar refractivity (Wildman–Crippen MR) is 125 cm³/mol. The maximum absolute atomic E-state index is 10.5. The van der Waals surface area contributed by atoms with Crippen LogP contribution in [0.5, 0.6) is 5.75 Å². The summed E-state index contributed by atoms with van der Waals surface area (Å²) < 4.78 is 5.78. The molecule has 3 N–H and O–H groups in total. The Hall–Kier alpha value is -1.06. The molecule has 0 unspecified atom stereocenters. The molecule has 8 atom stereocenters. The first-order valence-electron chi connectivity index (χ1n) is 13.2. The van der Waals surface area contributed by atoms with Crippen LogP contribution in [0.1, 0.15) is 78.1 Å². The lowest BCUT2D eigenvalue weighted by molar-refractivity contribution is -0.706. The molecule has 0 saturated heterocycles. The Labute approximate surface area is 189 Å². The second-order valence-electron chi connectivity index (χ2n) is 11.9. The van der Waals surface area contributed by atoms with Gasteiger partial charge in [-0.25, -0.2) is 0 Å². The number of rotatable bonds is 6. The summed E-state index contributed by atoms with van der Waals surface area (Å²) in [7, 11) is 0. The van der Waals surface area contributed by atoms with Crippen LogP contribution in [-0.2, 0) is 0 Å². The van der Waals surface area contributed by atoms with Crippen molar-refractivity contribution in [3.8, 4) is 5.75 Å². The standard InChI is InChI=1S/C28H43NO2/c1-27-16-7-6-8-20(27)11-12-23-24-13-14-26(28(24,2)17-15-25(23)27)29-18-21(30)19-31-22-9-4-3-5-10-22/h3-5,9-10,20-21,23-26,29-30H,6-8,11-19H2,1-2H3/p+1/t20-,21+,23+,24-,25+,26+,27-,28-/m1/s1. The van der Waals surface area contributed by atoms with Crippen molar-refractivity contribution in [2.45, 2.75) is 90.2 Å². The second kappa shape index (κ2) is 8.71. The van der Waals surface area contributed by atoms with Crippen molar-refractivity contribution in [3.63, 3.8) is 0 Å². The fourth-order valence-corrected chi connectivity index (χ4v) is 8.82. The van der Waals surface area contributed by atoms with E-state index in [1.807, 2.05) is 30.3 Å². The number of ether oxygens (including phenoxy) is 1. The predicted octanol–water partition coefficient (Wildman–Crippen LogP) is 4.79. The highest BCUT2D eigenvalue weighted by Gasteiger charge is 2.60. The summed E-state index contributed by atoms with van der Waals surface area (Å²) in [5.41, 5.74) is 1.09. The Bertz CT molecular complexity index is 738. The van der Waals surface area contributed by atoms with Crippen LogP contribution in [0.3, 0.4) is 0 Å². The average molecular weight is 427 g/mol. The van der Waals surface area contributed by atoms with Crippen LogP contribution in [0.25, 0.3) is 0 Å². The molecule has 4 aliphatic rings. The molecule has 4 aliphatic carbocycles. The summed E-state index contributed by atoms with van der Waals surface area (Å²) in [4.78, 5) is 0. The third kappa shape index (κ3) is 3.95. The number of aliphatic hydroxyl groups is 1. The number of hydrogen-bond donors (Lipinski definition) is 2. The van der Waals surface area contributed by atoms with E-state index in [0.717, 1.165) is 36.0 Å². The summed E-state index contributed by atoms with van der Waals surface area (Å²) in [6, 6.07) is 10.5. The summed E-state index contributed by atoms with van der Waals surface area (Å²) in [5, 5.41) is 13.0. The molecule has 4 saturated carbocycles. The van der Waals surface area contributed by atoms with Gasteiger partial charge in [0.2, 0.25) is 0 Å². The van der Waals surface area contributed by atoms with Gasteiger partial charge in [0.25, 0.3) is 0 Å². The van der Waals surface area contributed by atoms with E-state index >= 15 is 0 Å². The minimum absolute atomic E-state index is 0.387. The topological polar surface area (TPSA) is 46.1 Å². The van der Waals surface area contributed by atoms with Crippen LogP contribution in [-0.4, -0.2) is 30.4 Å². The van der Waals surface area contributed by atoms with E-state index in [4.69, 9.17) is 4.74 Å². The zero-order valence-electron chi connectivity index (χ0n) is 19.8. The third-order valence-electron chi connectivity index (χ3n) is 10.5. The highest BCUT2D eigenvalue weighted by molar-refractivity contribution is 5.20. The molecule has 0 amide bonds. The Kier molecular flexibility index (Phi) is 6.11. The van der Waals surface area contributed by atoms with E-state index in [1.54, 1.807) is 0 Å². The van der Waals surface area contributed by atoms with E-state index in [1.165, 1.54) is 64.2 Å². The molecular formula is C28H44NO2+. The maximum Gasteiger partial charge on any atom is 0.137 e. The number of nitrogens with two attached hydrogens (primary N) is 1. The molecule has 0 spiro atoms. The molecular weight excluding hydrogens is 382 g/mol. The number of fused-ring (bicyclic) bond motifs is 5. The molecule has 1 aromatic rings. The summed E-state index contributed by atoms with van der Waals surface area (Å²) in [5.74, 6) is 4.70. The summed E-state index contributed by atoms with van der Waals surface area (Å²) in [6.45, 7) is 6.42. The van der Waals surface area contributed by atoms with Crippen LogP contribution in [0, 0.1) is 34.5 Å². The zero-order chi connectivity index (χ0) is 21.5. The van der Waals surface area contributed by atoms with Crippen LogP contribution >= 0.6 is 0 Å². The van der Waals surface area contributed by atoms with E-state index in [-0.39, 0.29) is 0 Å². The van der Waals surface area contributed by atoms with Gasteiger partial charge < -0.3 is 15.2 Å². The lowest BCUT2D eigenvalue weighted by Gasteiger charge is -2.60. The van der Waals surface area contributed by atoms with Gasteiger partial charge in [-0.2, -0.15) is 0 Å². The zero-order valence-corrected chi connectivity index (χ0v) is 19.8. The maximum atomic E-state index is 10.5. The minimum atomic E-state index is -0.407. The van der Waals surface area contributed by atoms with E-state index in [0.29, 0.717) is 23.5 Å². The molecule has 0 heterocycles. The average Bonchev–Trinajstić information content (AvgIpc) is 3.13. The fraction of sp³-hybridized carbons (Fsp3) is 0.786. The highest BCUT2D eigenvalue weighted by Crippen LogP contribution is 2.65. The molecule has 4 fully saturated rings. The molecule has 31 heavy (non-hydrogen) atoms. The first-order valence-corrected chi connectivity index (χ1v) is 13.2. The molecule has 1 aromatic carbocycles. The van der Waals surface area contributed by atoms with Crippen LogP contribution in [0.15, 0.2) is 30.3 Å². The Morgan fingerprint density at radius 3 is 2.58 bits per heavy atom. The lowest BCUT2D eigenvalue weighted by Crippen LogP contribution is -2.94. The van der Waals surface area contributed by atoms with E-state index in [9.17, 15) is 5.11 Å². The van der Waals surface area contributed by atoms with Crippen LogP contribution < -0.4 is 10.1 Å². The van der Waals surface area contributed by atoms with Crippen molar-refractivity contribution in [2.24, 2.45) is 34.5 Å². The van der Waals surface area contributed by atoms with Gasteiger partial charge in [0, 0.05) is 11.8 Å². The normalized spacial score (nSPS) is 42.9. The number of para-hydroxylation sites is 1. The smallest absolute Gasteiger partial charge is 0.137 e. The molecule has 0 bridgehead atoms. The van der Waals surface area contributed by atoms with Gasteiger partial charge in [-0.15, -0.1) is 0 Å². The van der Waals surface area contributed by atoms with Crippen molar-refractivity contribution < 1.29 is 15.2 Å². The van der Waals surface area contributed by atoms with Gasteiger partial charge >= 0.3 is 0 Å². The molecule has 0 aliphatic heterocycles. The lowest BCUT2D eigenvalue weighted by atomic mass is 9.45. The van der Waals surface area contributed by atoms with Gasteiger partial charge in [-0.3, -0.25) is 0 Å². The monoisotopic (exact) mass is 426 g/mol. The van der Waals surface area contributed by atoms with Crippen molar-refractivity contribution in [3.05, 3.63) is 30.3 Å². The van der Waals surface area contributed by atoms with E-state index < -0.39 is 6.10 Å². The van der Waals surface area contributed by atoms with Gasteiger partial charge in [0.05, 0.1) is 6.04 Å². The Balaban J connectivity index is 1.18. The molecule has 172 valence electrons. The number of quaternary nitrogens is 1. The van der Waals surface area contributed by atoms with Crippen molar-refractivity contribution >= 4 is 0 Å². The summed E-state index contributed by atoms with van der Waals surface area (Å²) >= 11 is 0. The van der Waals surface area contributed by atoms with Crippen molar-refractivity contribution in [1.29, 1.82) is 0 Å². The largest absolute Gasteiger partial charge is 0.491 e. The van der Waals surface area contributed by atoms with Crippen LogP contribution in [0.4, 0.5) is 0 Å². The Morgan fingerprint density at radius 2 is 1.74 bits per heavy atom. The first-order chi connectivity index (χ1) is 15.0. The quantitative estimate of drug-likeness (QED) is 0.687. The second-order valence-corrected chi connectivity index (χ2v) is 11.9. The van der Waals surface area contributed by atoms with Crippen LogP contribution in [0.2, 0.25) is 0 Å². The van der Waals surface area contributed by atoms with E-state index in [2.05, 4.69) is 19.2 Å². The van der Waals surface area contributed by atoms with Crippen molar-refractivity contribution in [2.75, 3.05) is 13.2 Å². The molecule has 0 aromatic heterocycles. The summed E-state index contributed by atoms with van der Waals surface area (Å²) in [6.07, 6.45) is 14.1. The third-order valence-corrected chi connectivity index (χ3v) is 10.5. The molecule has 5 rings (SSSR count). The van der Waals surface area contributed by atoms with Crippen molar-refractivity contribution in [1.82, 2.24) is 0 Å². The fourth-order valence-electron chi connectivity index (χ4n) is 8.82. The van der Waals surface area contributed by atoms with Gasteiger partial charge in [0.1, 0.15) is 25.0 Å². The number of aliphatic hydroxyl groups excluding tert-OH is 1. The van der Waals surface area contributed by atoms with Gasteiger partial charge in [0.15, 0.2) is 0 Å². The number of benzene rings is 1. The number of hydrogen-bond acceptors (Lipinski definition) is 2. The molecule has 3 heteroatoms. The van der Waals surface area contributed by atoms with Gasteiger partial charge in [-0.1, -0.05) is 44.9 Å². The Morgan fingerprint density at radius 1 is 0.935 bits per heavy atom.